The van der Waals surface area contributed by atoms with Crippen molar-refractivity contribution in [1.82, 2.24) is 4.57 Å². The molecule has 0 atom stereocenters. The van der Waals surface area contributed by atoms with Gasteiger partial charge in [0.2, 0.25) is 0 Å². The van der Waals surface area contributed by atoms with Crippen molar-refractivity contribution < 1.29 is 4.42 Å². The van der Waals surface area contributed by atoms with E-state index in [1.165, 1.54) is 76.7 Å². The van der Waals surface area contributed by atoms with Crippen LogP contribution >= 0.6 is 0 Å². The minimum absolute atomic E-state index is 0.901. The molecule has 0 amide bonds. The molecule has 0 radical (unpaired) electrons. The maximum Gasteiger partial charge on any atom is 0.135 e. The molecule has 0 spiro atoms. The molecule has 0 N–H and O–H groups in total. The largest absolute Gasteiger partial charge is 0.456 e. The van der Waals surface area contributed by atoms with Crippen LogP contribution in [0.15, 0.2) is 168 Å². The highest BCUT2D eigenvalue weighted by atomic mass is 16.3. The summed E-state index contributed by atoms with van der Waals surface area (Å²) in [5, 5.41) is 9.99. The van der Waals surface area contributed by atoms with E-state index in [2.05, 4.69) is 156 Å². The molecule has 2 heteroatoms. The SMILES string of the molecule is C/C=C\C.c1ccc2c(c1)-c1cccc3c(-c4ccc5oc6ccc(-n7c8ccccc8c8c9ccccc9ccc87)cc6c5c4)ccc-2c13. The van der Waals surface area contributed by atoms with Gasteiger partial charge in [-0.2, -0.15) is 0 Å². The van der Waals surface area contributed by atoms with Crippen LogP contribution in [0.1, 0.15) is 13.8 Å². The number of rotatable bonds is 2. The van der Waals surface area contributed by atoms with E-state index in [-0.39, 0.29) is 0 Å². The Labute approximate surface area is 290 Å². The van der Waals surface area contributed by atoms with Gasteiger partial charge < -0.3 is 8.98 Å². The van der Waals surface area contributed by atoms with Crippen molar-refractivity contribution in [2.45, 2.75) is 13.8 Å². The van der Waals surface area contributed by atoms with Gasteiger partial charge in [-0.05, 0) is 111 Å². The summed E-state index contributed by atoms with van der Waals surface area (Å²) in [5.41, 5.74) is 13.1. The Kier molecular flexibility index (Phi) is 6.34. The lowest BCUT2D eigenvalue weighted by atomic mass is 9.93. The molecule has 0 fully saturated rings. The van der Waals surface area contributed by atoms with Gasteiger partial charge in [0, 0.05) is 27.2 Å². The van der Waals surface area contributed by atoms with Crippen LogP contribution in [-0.4, -0.2) is 4.57 Å². The van der Waals surface area contributed by atoms with Crippen molar-refractivity contribution in [3.05, 3.63) is 164 Å². The quantitative estimate of drug-likeness (QED) is 0.172. The van der Waals surface area contributed by atoms with E-state index in [1.807, 2.05) is 26.0 Å². The van der Waals surface area contributed by atoms with E-state index in [9.17, 15) is 0 Å². The van der Waals surface area contributed by atoms with Crippen LogP contribution in [0, 0.1) is 0 Å². The minimum atomic E-state index is 0.901. The fraction of sp³-hybridized carbons (Fsp3) is 0.0417. The van der Waals surface area contributed by atoms with Crippen LogP contribution in [0.5, 0.6) is 0 Å². The molecule has 0 saturated heterocycles. The third-order valence-corrected chi connectivity index (χ3v) is 10.5. The number of aromatic nitrogens is 1. The van der Waals surface area contributed by atoms with Crippen molar-refractivity contribution in [1.29, 1.82) is 0 Å². The molecule has 50 heavy (non-hydrogen) atoms. The normalized spacial score (nSPS) is 12.1. The van der Waals surface area contributed by atoms with Crippen molar-refractivity contribution >= 4 is 65.3 Å². The second-order valence-corrected chi connectivity index (χ2v) is 13.1. The van der Waals surface area contributed by atoms with Gasteiger partial charge in [0.05, 0.1) is 11.0 Å². The van der Waals surface area contributed by atoms with Crippen molar-refractivity contribution in [3.63, 3.8) is 0 Å². The number of para-hydroxylation sites is 1. The average Bonchev–Trinajstić information content (AvgIpc) is 3.83. The highest BCUT2D eigenvalue weighted by Crippen LogP contribution is 2.49. The summed E-state index contributed by atoms with van der Waals surface area (Å²) in [4.78, 5) is 0. The summed E-state index contributed by atoms with van der Waals surface area (Å²) >= 11 is 0. The third-order valence-electron chi connectivity index (χ3n) is 10.5. The molecule has 1 aliphatic rings. The predicted octanol–water partition coefficient (Wildman–Crippen LogP) is 13.9. The van der Waals surface area contributed by atoms with Crippen molar-refractivity contribution in [2.75, 3.05) is 0 Å². The maximum absolute atomic E-state index is 6.42. The lowest BCUT2D eigenvalue weighted by molar-refractivity contribution is 0.669. The monoisotopic (exact) mass is 639 g/mol. The van der Waals surface area contributed by atoms with Gasteiger partial charge in [0.25, 0.3) is 0 Å². The predicted molar refractivity (Wildman–Crippen MR) is 213 cm³/mol. The molecule has 0 aliphatic heterocycles. The number of hydrogen-bond donors (Lipinski definition) is 0. The van der Waals surface area contributed by atoms with Gasteiger partial charge >= 0.3 is 0 Å². The van der Waals surface area contributed by atoms with E-state index in [0.717, 1.165) is 27.6 Å². The van der Waals surface area contributed by atoms with E-state index >= 15 is 0 Å². The highest BCUT2D eigenvalue weighted by molar-refractivity contribution is 6.22. The summed E-state index contributed by atoms with van der Waals surface area (Å²) < 4.78 is 8.82. The summed E-state index contributed by atoms with van der Waals surface area (Å²) in [6, 6.07) is 55.3. The topological polar surface area (TPSA) is 18.1 Å². The van der Waals surface area contributed by atoms with Gasteiger partial charge in [-0.1, -0.05) is 121 Å². The van der Waals surface area contributed by atoms with Crippen LogP contribution in [0.2, 0.25) is 0 Å². The Balaban J connectivity index is 0.000000754. The lowest BCUT2D eigenvalue weighted by Gasteiger charge is -2.10. The molecule has 11 rings (SSSR count). The lowest BCUT2D eigenvalue weighted by Crippen LogP contribution is -1.93. The molecular formula is C48H33NO. The van der Waals surface area contributed by atoms with Gasteiger partial charge in [-0.3, -0.25) is 0 Å². The first kappa shape index (κ1) is 28.6. The molecule has 2 aromatic heterocycles. The molecule has 8 aromatic carbocycles. The Bertz CT molecular complexity index is 2970. The first-order valence-electron chi connectivity index (χ1n) is 17.3. The fourth-order valence-corrected chi connectivity index (χ4v) is 8.15. The molecule has 0 saturated carbocycles. The Morgan fingerprint density at radius 3 is 1.88 bits per heavy atom. The average molecular weight is 640 g/mol. The number of allylic oxidation sites excluding steroid dienone is 2. The van der Waals surface area contributed by atoms with E-state index < -0.39 is 0 Å². The highest BCUT2D eigenvalue weighted by Gasteiger charge is 2.23. The zero-order valence-corrected chi connectivity index (χ0v) is 27.9. The standard InChI is InChI=1S/C44H25NO.C4H8/c1-2-9-30-26(8-1)16-21-40-44(30)36-12-5-6-15-39(36)45(40)28-18-23-42-38(25-28)37-24-27(17-22-41(37)46-42)29-19-20-35-32-11-4-3-10-31(32)34-14-7-13-33(29)43(34)35;1-3-4-2/h1-25H;3-4H,1-2H3/b;4-3-. The second-order valence-electron chi connectivity index (χ2n) is 13.1. The first-order valence-corrected chi connectivity index (χ1v) is 17.3. The third kappa shape index (κ3) is 4.09. The van der Waals surface area contributed by atoms with E-state index in [4.69, 9.17) is 4.42 Å². The molecular weight excluding hydrogens is 607 g/mol. The molecule has 0 unspecified atom stereocenters. The van der Waals surface area contributed by atoms with E-state index in [1.54, 1.807) is 0 Å². The Hall–Kier alpha value is -6.38. The summed E-state index contributed by atoms with van der Waals surface area (Å²) in [7, 11) is 0. The van der Waals surface area contributed by atoms with Gasteiger partial charge in [-0.15, -0.1) is 0 Å². The Morgan fingerprint density at radius 2 is 1.06 bits per heavy atom. The number of nitrogens with zero attached hydrogens (tertiary/aromatic N) is 1. The number of furan rings is 1. The molecule has 1 aliphatic carbocycles. The van der Waals surface area contributed by atoms with Crippen LogP contribution in [0.3, 0.4) is 0 Å². The van der Waals surface area contributed by atoms with Crippen LogP contribution in [0.4, 0.5) is 0 Å². The van der Waals surface area contributed by atoms with Gasteiger partial charge in [0.1, 0.15) is 11.2 Å². The first-order chi connectivity index (χ1) is 24.7. The molecule has 0 bridgehead atoms. The number of benzene rings is 8. The molecule has 2 nitrogen and oxygen atoms in total. The zero-order chi connectivity index (χ0) is 33.3. The zero-order valence-electron chi connectivity index (χ0n) is 27.9. The fourth-order valence-electron chi connectivity index (χ4n) is 8.15. The van der Waals surface area contributed by atoms with Crippen molar-refractivity contribution in [3.8, 4) is 39.1 Å². The van der Waals surface area contributed by atoms with Crippen LogP contribution in [-0.2, 0) is 0 Å². The minimum Gasteiger partial charge on any atom is -0.456 e. The second kappa shape index (κ2) is 11.1. The van der Waals surface area contributed by atoms with Crippen molar-refractivity contribution in [2.24, 2.45) is 0 Å². The number of hydrogen-bond acceptors (Lipinski definition) is 1. The molecule has 10 aromatic rings. The maximum atomic E-state index is 6.42. The van der Waals surface area contributed by atoms with Crippen LogP contribution in [0.25, 0.3) is 104 Å². The summed E-state index contributed by atoms with van der Waals surface area (Å²) in [6.07, 6.45) is 4.00. The van der Waals surface area contributed by atoms with Gasteiger partial charge in [0.15, 0.2) is 0 Å². The number of fused-ring (bicyclic) bond motifs is 11. The Morgan fingerprint density at radius 1 is 0.420 bits per heavy atom. The summed E-state index contributed by atoms with van der Waals surface area (Å²) in [5.74, 6) is 0. The van der Waals surface area contributed by atoms with Gasteiger partial charge in [-0.25, -0.2) is 0 Å². The summed E-state index contributed by atoms with van der Waals surface area (Å²) in [6.45, 7) is 4.00. The smallest absolute Gasteiger partial charge is 0.135 e. The molecule has 236 valence electrons. The van der Waals surface area contributed by atoms with Crippen LogP contribution < -0.4 is 0 Å². The van der Waals surface area contributed by atoms with E-state index in [0.29, 0.717) is 0 Å². The molecule has 2 heterocycles.